The van der Waals surface area contributed by atoms with E-state index in [1.165, 1.54) is 6.42 Å². The average molecular weight is 291 g/mol. The smallest absolute Gasteiger partial charge is 0.171 e. The maximum atomic E-state index is 11.1. The number of piperidine rings is 1. The van der Waals surface area contributed by atoms with Crippen molar-refractivity contribution in [2.75, 3.05) is 33.4 Å². The van der Waals surface area contributed by atoms with E-state index in [4.69, 9.17) is 9.47 Å². The molecule has 0 aliphatic carbocycles. The number of nitrogens with zero attached hydrogens (tertiary/aromatic N) is 1. The molecule has 1 aliphatic heterocycles. The van der Waals surface area contributed by atoms with Gasteiger partial charge in [-0.05, 0) is 30.4 Å². The molecular weight excluding hydrogens is 266 g/mol. The summed E-state index contributed by atoms with van der Waals surface area (Å²) in [6, 6.07) is 5.35. The summed E-state index contributed by atoms with van der Waals surface area (Å²) in [5.41, 5.74) is 0.537. The maximum Gasteiger partial charge on any atom is 0.171 e. The molecule has 0 amide bonds. The minimum atomic E-state index is 0.537. The topological polar surface area (TPSA) is 38.8 Å². The van der Waals surface area contributed by atoms with Gasteiger partial charge in [-0.1, -0.05) is 19.9 Å². The molecule has 1 aromatic carbocycles. The molecule has 0 bridgehead atoms. The first kappa shape index (κ1) is 15.8. The van der Waals surface area contributed by atoms with Gasteiger partial charge in [-0.3, -0.25) is 9.69 Å². The number of carbonyl (C=O) groups excluding carboxylic acids is 1. The average Bonchev–Trinajstić information content (AvgIpc) is 2.46. The van der Waals surface area contributed by atoms with E-state index in [9.17, 15) is 4.79 Å². The minimum absolute atomic E-state index is 0.537. The van der Waals surface area contributed by atoms with Crippen LogP contribution in [0.25, 0.3) is 0 Å². The van der Waals surface area contributed by atoms with E-state index in [1.807, 2.05) is 6.07 Å². The lowest BCUT2D eigenvalue weighted by atomic mass is 9.92. The monoisotopic (exact) mass is 291 g/mol. The fourth-order valence-electron chi connectivity index (χ4n) is 3.19. The highest BCUT2D eigenvalue weighted by atomic mass is 16.5. The SMILES string of the molecule is COc1cccc(C=O)c1OCCN1CC(C)CC(C)C1. The second-order valence-electron chi connectivity index (χ2n) is 6.05. The van der Waals surface area contributed by atoms with Crippen LogP contribution in [0, 0.1) is 11.8 Å². The quantitative estimate of drug-likeness (QED) is 0.756. The van der Waals surface area contributed by atoms with Gasteiger partial charge in [0.15, 0.2) is 17.8 Å². The Labute approximate surface area is 127 Å². The van der Waals surface area contributed by atoms with Crippen LogP contribution in [-0.4, -0.2) is 44.5 Å². The zero-order valence-corrected chi connectivity index (χ0v) is 13.2. The highest BCUT2D eigenvalue weighted by Crippen LogP contribution is 2.30. The molecule has 2 atom stereocenters. The van der Waals surface area contributed by atoms with Crippen LogP contribution in [0.15, 0.2) is 18.2 Å². The van der Waals surface area contributed by atoms with E-state index in [0.717, 1.165) is 37.8 Å². The Morgan fingerprint density at radius 3 is 2.62 bits per heavy atom. The molecule has 4 nitrogen and oxygen atoms in total. The van der Waals surface area contributed by atoms with Crippen molar-refractivity contribution in [1.82, 2.24) is 4.90 Å². The molecule has 21 heavy (non-hydrogen) atoms. The summed E-state index contributed by atoms with van der Waals surface area (Å²) in [6.07, 6.45) is 2.11. The van der Waals surface area contributed by atoms with Gasteiger partial charge in [0.1, 0.15) is 6.61 Å². The molecule has 2 rings (SSSR count). The number of aldehydes is 1. The van der Waals surface area contributed by atoms with Gasteiger partial charge in [-0.15, -0.1) is 0 Å². The van der Waals surface area contributed by atoms with Gasteiger partial charge in [0.05, 0.1) is 12.7 Å². The molecule has 0 saturated carbocycles. The Morgan fingerprint density at radius 2 is 2.00 bits per heavy atom. The normalized spacial score (nSPS) is 22.8. The van der Waals surface area contributed by atoms with Gasteiger partial charge in [0, 0.05) is 19.6 Å². The number of likely N-dealkylation sites (tertiary alicyclic amines) is 1. The van der Waals surface area contributed by atoms with E-state index in [2.05, 4.69) is 18.7 Å². The van der Waals surface area contributed by atoms with Crippen molar-refractivity contribution in [2.45, 2.75) is 20.3 Å². The fraction of sp³-hybridized carbons (Fsp3) is 0.588. The van der Waals surface area contributed by atoms with Gasteiger partial charge in [-0.2, -0.15) is 0 Å². The van der Waals surface area contributed by atoms with Crippen molar-refractivity contribution < 1.29 is 14.3 Å². The molecule has 1 fully saturated rings. The molecule has 0 N–H and O–H groups in total. The molecular formula is C17H25NO3. The van der Waals surface area contributed by atoms with Gasteiger partial charge >= 0.3 is 0 Å². The molecule has 1 heterocycles. The van der Waals surface area contributed by atoms with Crippen LogP contribution in [0.5, 0.6) is 11.5 Å². The van der Waals surface area contributed by atoms with E-state index in [0.29, 0.717) is 23.7 Å². The lowest BCUT2D eigenvalue weighted by molar-refractivity contribution is 0.110. The molecule has 116 valence electrons. The van der Waals surface area contributed by atoms with Crippen molar-refractivity contribution in [3.63, 3.8) is 0 Å². The summed E-state index contributed by atoms with van der Waals surface area (Å²) < 4.78 is 11.1. The van der Waals surface area contributed by atoms with Gasteiger partial charge in [0.2, 0.25) is 0 Å². The fourth-order valence-corrected chi connectivity index (χ4v) is 3.19. The maximum absolute atomic E-state index is 11.1. The summed E-state index contributed by atoms with van der Waals surface area (Å²) >= 11 is 0. The number of rotatable bonds is 6. The third-order valence-corrected chi connectivity index (χ3v) is 3.95. The Bertz CT molecular complexity index is 465. The second-order valence-corrected chi connectivity index (χ2v) is 6.05. The minimum Gasteiger partial charge on any atom is -0.493 e. The molecule has 1 aliphatic rings. The lowest BCUT2D eigenvalue weighted by Crippen LogP contribution is -2.40. The number of benzene rings is 1. The number of carbonyl (C=O) groups is 1. The lowest BCUT2D eigenvalue weighted by Gasteiger charge is -2.34. The Hall–Kier alpha value is -1.55. The largest absolute Gasteiger partial charge is 0.493 e. The second kappa shape index (κ2) is 7.46. The molecule has 0 radical (unpaired) electrons. The molecule has 1 aromatic rings. The predicted molar refractivity (Wildman–Crippen MR) is 83.3 cm³/mol. The van der Waals surface area contributed by atoms with Crippen LogP contribution >= 0.6 is 0 Å². The number of methoxy groups -OCH3 is 1. The van der Waals surface area contributed by atoms with E-state index in [-0.39, 0.29) is 0 Å². The standard InChI is InChI=1S/C17H25NO3/c1-13-9-14(2)11-18(10-13)7-8-21-17-15(12-19)5-4-6-16(17)20-3/h4-6,12-14H,7-11H2,1-3H3. The Kier molecular flexibility index (Phi) is 5.62. The third-order valence-electron chi connectivity index (χ3n) is 3.95. The number of hydrogen-bond donors (Lipinski definition) is 0. The van der Waals surface area contributed by atoms with Crippen LogP contribution in [0.2, 0.25) is 0 Å². The zero-order valence-electron chi connectivity index (χ0n) is 13.2. The van der Waals surface area contributed by atoms with Crippen molar-refractivity contribution in [3.8, 4) is 11.5 Å². The Balaban J connectivity index is 1.92. The summed E-state index contributed by atoms with van der Waals surface area (Å²) in [6.45, 7) is 8.30. The van der Waals surface area contributed by atoms with E-state index < -0.39 is 0 Å². The first-order valence-electron chi connectivity index (χ1n) is 7.61. The van der Waals surface area contributed by atoms with Gasteiger partial charge in [0.25, 0.3) is 0 Å². The molecule has 0 aromatic heterocycles. The van der Waals surface area contributed by atoms with Crippen molar-refractivity contribution >= 4 is 6.29 Å². The van der Waals surface area contributed by atoms with Crippen LogP contribution in [0.1, 0.15) is 30.6 Å². The summed E-state index contributed by atoms with van der Waals surface area (Å²) in [5, 5.41) is 0. The van der Waals surface area contributed by atoms with Gasteiger partial charge in [-0.25, -0.2) is 0 Å². The van der Waals surface area contributed by atoms with Crippen molar-refractivity contribution in [2.24, 2.45) is 11.8 Å². The molecule has 2 unspecified atom stereocenters. The summed E-state index contributed by atoms with van der Waals surface area (Å²) in [5.74, 6) is 2.64. The van der Waals surface area contributed by atoms with Crippen LogP contribution in [0.4, 0.5) is 0 Å². The first-order chi connectivity index (χ1) is 10.1. The number of hydrogen-bond acceptors (Lipinski definition) is 4. The molecule has 4 heteroatoms. The third kappa shape index (κ3) is 4.21. The highest BCUT2D eigenvalue weighted by Gasteiger charge is 2.21. The number of para-hydroxylation sites is 1. The van der Waals surface area contributed by atoms with Crippen molar-refractivity contribution in [3.05, 3.63) is 23.8 Å². The van der Waals surface area contributed by atoms with Crippen molar-refractivity contribution in [1.29, 1.82) is 0 Å². The summed E-state index contributed by atoms with van der Waals surface area (Å²) in [7, 11) is 1.59. The van der Waals surface area contributed by atoms with Crippen LogP contribution < -0.4 is 9.47 Å². The van der Waals surface area contributed by atoms with E-state index in [1.54, 1.807) is 19.2 Å². The van der Waals surface area contributed by atoms with Gasteiger partial charge < -0.3 is 9.47 Å². The van der Waals surface area contributed by atoms with Crippen LogP contribution in [-0.2, 0) is 0 Å². The van der Waals surface area contributed by atoms with E-state index >= 15 is 0 Å². The zero-order chi connectivity index (χ0) is 15.2. The van der Waals surface area contributed by atoms with Crippen LogP contribution in [0.3, 0.4) is 0 Å². The summed E-state index contributed by atoms with van der Waals surface area (Å²) in [4.78, 5) is 13.5. The number of ether oxygens (including phenoxy) is 2. The predicted octanol–water partition coefficient (Wildman–Crippen LogP) is 2.86. The highest BCUT2D eigenvalue weighted by molar-refractivity contribution is 5.81. The first-order valence-corrected chi connectivity index (χ1v) is 7.61. The Morgan fingerprint density at radius 1 is 1.29 bits per heavy atom. The molecule has 0 spiro atoms. The molecule has 1 saturated heterocycles.